The quantitative estimate of drug-likeness (QED) is 0.815. The molecule has 2 N–H and O–H groups in total. The molecule has 2 rings (SSSR count). The normalized spacial score (nSPS) is 14.5. The minimum atomic E-state index is -0.0938. The lowest BCUT2D eigenvalue weighted by Gasteiger charge is -2.10. The molecule has 1 aliphatic rings. The molecular weight excluding hydrogens is 264 g/mol. The zero-order valence-corrected chi connectivity index (χ0v) is 12.3. The van der Waals surface area contributed by atoms with Crippen LogP contribution in [0.4, 0.5) is 0 Å². The van der Waals surface area contributed by atoms with Crippen molar-refractivity contribution in [1.29, 1.82) is 0 Å². The minimum Gasteiger partial charge on any atom is -0.395 e. The Labute approximate surface area is 126 Å². The van der Waals surface area contributed by atoms with E-state index >= 15 is 0 Å². The largest absolute Gasteiger partial charge is 0.395 e. The Morgan fingerprint density at radius 2 is 2.24 bits per heavy atom. The third kappa shape index (κ3) is 4.87. The summed E-state index contributed by atoms with van der Waals surface area (Å²) in [6, 6.07) is 1.69. The molecule has 0 saturated heterocycles. The number of aliphatic hydroxyl groups excluding tert-OH is 1. The molecule has 0 aromatic carbocycles. The first kappa shape index (κ1) is 15.5. The van der Waals surface area contributed by atoms with Gasteiger partial charge in [-0.15, -0.1) is 0 Å². The van der Waals surface area contributed by atoms with E-state index in [0.717, 1.165) is 18.9 Å². The fourth-order valence-electron chi connectivity index (χ4n) is 2.69. The summed E-state index contributed by atoms with van der Waals surface area (Å²) in [7, 11) is 0. The average molecular weight is 286 g/mol. The van der Waals surface area contributed by atoms with Gasteiger partial charge in [-0.2, -0.15) is 0 Å². The highest BCUT2D eigenvalue weighted by Gasteiger charge is 2.15. The molecule has 1 fully saturated rings. The molecule has 1 aromatic heterocycles. The van der Waals surface area contributed by atoms with Crippen molar-refractivity contribution in [3.63, 3.8) is 0 Å². The zero-order valence-electron chi connectivity index (χ0n) is 12.3. The van der Waals surface area contributed by atoms with Crippen molar-refractivity contribution in [2.24, 2.45) is 5.92 Å². The van der Waals surface area contributed by atoms with E-state index in [9.17, 15) is 4.79 Å². The van der Waals surface area contributed by atoms with E-state index in [1.807, 2.05) is 0 Å². The molecule has 0 unspecified atom stereocenters. The highest BCUT2D eigenvalue weighted by molar-refractivity contribution is 5.96. The van der Waals surface area contributed by atoms with Gasteiger partial charge in [0.15, 0.2) is 0 Å². The lowest BCUT2D eigenvalue weighted by Crippen LogP contribution is -2.26. The van der Waals surface area contributed by atoms with Crippen LogP contribution in [0.5, 0.6) is 0 Å². The topological polar surface area (TPSA) is 62.2 Å². The summed E-state index contributed by atoms with van der Waals surface area (Å²) in [5.74, 6) is 6.40. The van der Waals surface area contributed by atoms with Crippen LogP contribution in [0.3, 0.4) is 0 Å². The van der Waals surface area contributed by atoms with Crippen molar-refractivity contribution in [2.75, 3.05) is 13.2 Å². The lowest BCUT2D eigenvalue weighted by atomic mass is 10.0. The lowest BCUT2D eigenvalue weighted by molar-refractivity contribution is 0.0951. The van der Waals surface area contributed by atoms with E-state index < -0.39 is 0 Å². The summed E-state index contributed by atoms with van der Waals surface area (Å²) in [5, 5.41) is 11.7. The first-order valence-corrected chi connectivity index (χ1v) is 7.63. The number of rotatable bonds is 5. The molecule has 4 heteroatoms. The van der Waals surface area contributed by atoms with Gasteiger partial charge in [0.2, 0.25) is 0 Å². The molecule has 0 bridgehead atoms. The van der Waals surface area contributed by atoms with E-state index in [-0.39, 0.29) is 12.5 Å². The highest BCUT2D eigenvalue weighted by Crippen LogP contribution is 2.26. The number of amides is 1. The fraction of sp³-hybridized carbons (Fsp3) is 0.529. The van der Waals surface area contributed by atoms with Crippen LogP contribution >= 0.6 is 0 Å². The van der Waals surface area contributed by atoms with Crippen molar-refractivity contribution < 1.29 is 9.90 Å². The van der Waals surface area contributed by atoms with Crippen LogP contribution in [0.25, 0.3) is 0 Å². The first-order chi connectivity index (χ1) is 10.3. The van der Waals surface area contributed by atoms with Crippen molar-refractivity contribution in [1.82, 2.24) is 10.3 Å². The van der Waals surface area contributed by atoms with E-state index in [1.54, 1.807) is 18.5 Å². The van der Waals surface area contributed by atoms with Crippen LogP contribution in [0.2, 0.25) is 0 Å². The molecule has 0 aliphatic heterocycles. The molecule has 1 amide bonds. The number of hydrogen-bond donors (Lipinski definition) is 2. The van der Waals surface area contributed by atoms with E-state index in [1.165, 1.54) is 25.7 Å². The first-order valence-electron chi connectivity index (χ1n) is 7.63. The van der Waals surface area contributed by atoms with Crippen molar-refractivity contribution in [3.8, 4) is 11.8 Å². The van der Waals surface area contributed by atoms with E-state index in [2.05, 4.69) is 22.1 Å². The number of nitrogens with one attached hydrogen (secondary N) is 1. The summed E-state index contributed by atoms with van der Waals surface area (Å²) in [5.41, 5.74) is 1.17. The Morgan fingerprint density at radius 1 is 1.43 bits per heavy atom. The number of carbonyl (C=O) groups excluding carboxylic acids is 1. The van der Waals surface area contributed by atoms with Gasteiger partial charge in [-0.25, -0.2) is 0 Å². The maximum Gasteiger partial charge on any atom is 0.252 e. The molecule has 112 valence electrons. The Kier molecular flexibility index (Phi) is 6.23. The summed E-state index contributed by atoms with van der Waals surface area (Å²) in [6.07, 6.45) is 9.90. The number of aliphatic hydroxyl groups is 1. The predicted molar refractivity (Wildman–Crippen MR) is 81.7 cm³/mol. The SMILES string of the molecule is O=C(NCCC1CCCC1)c1ccncc1C#CCCO. The maximum absolute atomic E-state index is 12.2. The van der Waals surface area contributed by atoms with Crippen molar-refractivity contribution >= 4 is 5.91 Å². The molecule has 0 spiro atoms. The second-order valence-corrected chi connectivity index (χ2v) is 5.39. The van der Waals surface area contributed by atoms with Gasteiger partial charge in [-0.1, -0.05) is 37.5 Å². The molecule has 21 heavy (non-hydrogen) atoms. The predicted octanol–water partition coefficient (Wildman–Crippen LogP) is 2.13. The van der Waals surface area contributed by atoms with Crippen LogP contribution in [0.1, 0.15) is 54.4 Å². The zero-order chi connectivity index (χ0) is 14.9. The highest BCUT2D eigenvalue weighted by atomic mass is 16.2. The van der Waals surface area contributed by atoms with Gasteiger partial charge in [0, 0.05) is 25.4 Å². The molecule has 0 atom stereocenters. The van der Waals surface area contributed by atoms with Crippen LogP contribution in [0, 0.1) is 17.8 Å². The van der Waals surface area contributed by atoms with Gasteiger partial charge in [0.1, 0.15) is 0 Å². The third-order valence-corrected chi connectivity index (χ3v) is 3.84. The summed E-state index contributed by atoms with van der Waals surface area (Å²) >= 11 is 0. The summed E-state index contributed by atoms with van der Waals surface area (Å²) in [6.45, 7) is 0.742. The Morgan fingerprint density at radius 3 is 3.00 bits per heavy atom. The number of aromatic nitrogens is 1. The number of pyridine rings is 1. The maximum atomic E-state index is 12.2. The third-order valence-electron chi connectivity index (χ3n) is 3.84. The second-order valence-electron chi connectivity index (χ2n) is 5.39. The Hall–Kier alpha value is -1.86. The fourth-order valence-corrected chi connectivity index (χ4v) is 2.69. The number of carbonyl (C=O) groups is 1. The average Bonchev–Trinajstić information content (AvgIpc) is 3.01. The number of nitrogens with zero attached hydrogens (tertiary/aromatic N) is 1. The molecule has 1 saturated carbocycles. The van der Waals surface area contributed by atoms with Crippen LogP contribution in [-0.2, 0) is 0 Å². The summed E-state index contributed by atoms with van der Waals surface area (Å²) < 4.78 is 0. The number of hydrogen-bond acceptors (Lipinski definition) is 3. The van der Waals surface area contributed by atoms with Gasteiger partial charge >= 0.3 is 0 Å². The van der Waals surface area contributed by atoms with Gasteiger partial charge in [-0.3, -0.25) is 9.78 Å². The molecule has 1 aromatic rings. The van der Waals surface area contributed by atoms with E-state index in [4.69, 9.17) is 5.11 Å². The minimum absolute atomic E-state index is 0.0240. The Bertz CT molecular complexity index is 525. The van der Waals surface area contributed by atoms with Crippen LogP contribution in [0.15, 0.2) is 18.5 Å². The Balaban J connectivity index is 1.90. The van der Waals surface area contributed by atoms with E-state index in [0.29, 0.717) is 17.5 Å². The molecule has 1 heterocycles. The smallest absolute Gasteiger partial charge is 0.252 e. The van der Waals surface area contributed by atoms with Crippen molar-refractivity contribution in [2.45, 2.75) is 38.5 Å². The van der Waals surface area contributed by atoms with Gasteiger partial charge in [-0.05, 0) is 18.4 Å². The summed E-state index contributed by atoms with van der Waals surface area (Å²) in [4.78, 5) is 16.2. The molecule has 1 aliphatic carbocycles. The van der Waals surface area contributed by atoms with Gasteiger partial charge in [0.05, 0.1) is 17.7 Å². The van der Waals surface area contributed by atoms with Gasteiger partial charge < -0.3 is 10.4 Å². The second kappa shape index (κ2) is 8.43. The van der Waals surface area contributed by atoms with Crippen LogP contribution < -0.4 is 5.32 Å². The van der Waals surface area contributed by atoms with Crippen molar-refractivity contribution in [3.05, 3.63) is 29.6 Å². The molecule has 4 nitrogen and oxygen atoms in total. The monoisotopic (exact) mass is 286 g/mol. The standard InChI is InChI=1S/C17H22N2O2/c20-12-4-3-7-15-13-18-10-9-16(15)17(21)19-11-8-14-5-1-2-6-14/h9-10,13-14,20H,1-2,4-6,8,11-12H2,(H,19,21). The van der Waals surface area contributed by atoms with Crippen LogP contribution in [-0.4, -0.2) is 29.1 Å². The van der Waals surface area contributed by atoms with Gasteiger partial charge in [0.25, 0.3) is 5.91 Å². The molecule has 0 radical (unpaired) electrons. The molecular formula is C17H22N2O2.